The number of alkyl halides is 2. The second kappa shape index (κ2) is 8.43. The third-order valence-corrected chi connectivity index (χ3v) is 3.67. The zero-order valence-corrected chi connectivity index (χ0v) is 14.3. The number of benzene rings is 3. The molecule has 0 fully saturated rings. The molecule has 0 saturated heterocycles. The van der Waals surface area contributed by atoms with Crippen molar-refractivity contribution in [2.45, 2.75) is 6.61 Å². The van der Waals surface area contributed by atoms with E-state index in [1.807, 2.05) is 30.3 Å². The number of ether oxygens (including phenoxy) is 1. The summed E-state index contributed by atoms with van der Waals surface area (Å²) in [5.74, 6) is -4.38. The molecule has 3 aromatic carbocycles. The van der Waals surface area contributed by atoms with E-state index in [2.05, 4.69) is 15.4 Å². The molecule has 0 radical (unpaired) electrons. The summed E-state index contributed by atoms with van der Waals surface area (Å²) in [5, 5.41) is 5.50. The standard InChI is InChI=1S/C20H14F4N2O2/c21-16-10-15(28-20(23)24)11-17(22)18(16)19(27)26-14-8-6-13(7-9-14)25-12-4-2-1-3-5-12/h1-11,20,25H,(H,26,27). The highest BCUT2D eigenvalue weighted by Gasteiger charge is 2.20. The highest BCUT2D eigenvalue weighted by atomic mass is 19.3. The maximum Gasteiger partial charge on any atom is 0.387 e. The molecule has 0 aliphatic carbocycles. The Balaban J connectivity index is 1.71. The summed E-state index contributed by atoms with van der Waals surface area (Å²) in [6.45, 7) is -3.23. The molecule has 28 heavy (non-hydrogen) atoms. The lowest BCUT2D eigenvalue weighted by atomic mass is 10.1. The Kier molecular flexibility index (Phi) is 5.78. The Bertz CT molecular complexity index is 941. The molecule has 2 N–H and O–H groups in total. The van der Waals surface area contributed by atoms with Crippen molar-refractivity contribution in [3.8, 4) is 5.75 Å². The van der Waals surface area contributed by atoms with E-state index in [1.165, 1.54) is 0 Å². The molecule has 0 spiro atoms. The smallest absolute Gasteiger partial charge is 0.387 e. The Morgan fingerprint density at radius 2 is 1.36 bits per heavy atom. The van der Waals surface area contributed by atoms with Gasteiger partial charge < -0.3 is 15.4 Å². The Labute approximate surface area is 157 Å². The topological polar surface area (TPSA) is 50.4 Å². The van der Waals surface area contributed by atoms with Crippen LogP contribution in [-0.4, -0.2) is 12.5 Å². The van der Waals surface area contributed by atoms with Crippen LogP contribution >= 0.6 is 0 Å². The van der Waals surface area contributed by atoms with Crippen LogP contribution in [-0.2, 0) is 0 Å². The third kappa shape index (κ3) is 4.79. The SMILES string of the molecule is O=C(Nc1ccc(Nc2ccccc2)cc1)c1c(F)cc(OC(F)F)cc1F. The number of para-hydroxylation sites is 1. The summed E-state index contributed by atoms with van der Waals surface area (Å²) in [6.07, 6.45) is 0. The molecular formula is C20H14F4N2O2. The maximum absolute atomic E-state index is 14.0. The van der Waals surface area contributed by atoms with Gasteiger partial charge in [-0.05, 0) is 36.4 Å². The molecule has 0 unspecified atom stereocenters. The molecule has 4 nitrogen and oxygen atoms in total. The highest BCUT2D eigenvalue weighted by molar-refractivity contribution is 6.04. The minimum Gasteiger partial charge on any atom is -0.435 e. The first kappa shape index (κ1) is 19.2. The molecule has 144 valence electrons. The first-order chi connectivity index (χ1) is 13.4. The van der Waals surface area contributed by atoms with E-state index in [0.717, 1.165) is 11.4 Å². The number of hydrogen-bond donors (Lipinski definition) is 2. The van der Waals surface area contributed by atoms with Gasteiger partial charge in [0, 0.05) is 29.2 Å². The third-order valence-electron chi connectivity index (χ3n) is 3.67. The van der Waals surface area contributed by atoms with Crippen LogP contribution in [0.1, 0.15) is 10.4 Å². The Morgan fingerprint density at radius 1 is 0.821 bits per heavy atom. The molecular weight excluding hydrogens is 376 g/mol. The predicted octanol–water partition coefficient (Wildman–Crippen LogP) is 5.56. The van der Waals surface area contributed by atoms with Crippen LogP contribution in [0.2, 0.25) is 0 Å². The van der Waals surface area contributed by atoms with Crippen molar-refractivity contribution in [1.29, 1.82) is 0 Å². The van der Waals surface area contributed by atoms with Crippen molar-refractivity contribution >= 4 is 23.0 Å². The lowest BCUT2D eigenvalue weighted by Gasteiger charge is -2.11. The van der Waals surface area contributed by atoms with Crippen molar-refractivity contribution < 1.29 is 27.1 Å². The van der Waals surface area contributed by atoms with Gasteiger partial charge >= 0.3 is 6.61 Å². The average molecular weight is 390 g/mol. The van der Waals surface area contributed by atoms with E-state index < -0.39 is 35.5 Å². The molecule has 1 amide bonds. The molecule has 0 aliphatic rings. The molecule has 3 rings (SSSR count). The van der Waals surface area contributed by atoms with Crippen molar-refractivity contribution in [2.75, 3.05) is 10.6 Å². The van der Waals surface area contributed by atoms with Crippen LogP contribution in [0, 0.1) is 11.6 Å². The monoisotopic (exact) mass is 390 g/mol. The predicted molar refractivity (Wildman–Crippen MR) is 97.1 cm³/mol. The molecule has 8 heteroatoms. The Hall–Kier alpha value is -3.55. The lowest BCUT2D eigenvalue weighted by Crippen LogP contribution is -2.16. The van der Waals surface area contributed by atoms with Gasteiger partial charge in [0.15, 0.2) is 0 Å². The summed E-state index contributed by atoms with van der Waals surface area (Å²) in [6, 6.07) is 16.9. The molecule has 0 atom stereocenters. The second-order valence-electron chi connectivity index (χ2n) is 5.66. The Morgan fingerprint density at radius 3 is 1.93 bits per heavy atom. The van der Waals surface area contributed by atoms with Gasteiger partial charge in [0.2, 0.25) is 0 Å². The fraction of sp³-hybridized carbons (Fsp3) is 0.0500. The van der Waals surface area contributed by atoms with E-state index >= 15 is 0 Å². The summed E-state index contributed by atoms with van der Waals surface area (Å²) in [4.78, 5) is 12.2. The number of anilines is 3. The molecule has 0 aromatic heterocycles. The van der Waals surface area contributed by atoms with Gasteiger partial charge in [-0.3, -0.25) is 4.79 Å². The quantitative estimate of drug-likeness (QED) is 0.542. The van der Waals surface area contributed by atoms with Crippen molar-refractivity contribution in [2.24, 2.45) is 0 Å². The van der Waals surface area contributed by atoms with Crippen molar-refractivity contribution in [1.82, 2.24) is 0 Å². The minimum atomic E-state index is -3.23. The molecule has 0 heterocycles. The van der Waals surface area contributed by atoms with Gasteiger partial charge in [-0.2, -0.15) is 8.78 Å². The summed E-state index contributed by atoms with van der Waals surface area (Å²) < 4.78 is 56.2. The van der Waals surface area contributed by atoms with Crippen LogP contribution in [0.3, 0.4) is 0 Å². The zero-order valence-electron chi connectivity index (χ0n) is 14.3. The molecule has 3 aromatic rings. The molecule has 0 saturated carbocycles. The van der Waals surface area contributed by atoms with Crippen LogP contribution in [0.15, 0.2) is 66.7 Å². The van der Waals surface area contributed by atoms with Gasteiger partial charge in [-0.1, -0.05) is 18.2 Å². The van der Waals surface area contributed by atoms with Crippen molar-refractivity contribution in [3.63, 3.8) is 0 Å². The highest BCUT2D eigenvalue weighted by Crippen LogP contribution is 2.24. The van der Waals surface area contributed by atoms with Gasteiger partial charge in [-0.15, -0.1) is 0 Å². The van der Waals surface area contributed by atoms with Gasteiger partial charge in [0.05, 0.1) is 0 Å². The van der Waals surface area contributed by atoms with E-state index in [-0.39, 0.29) is 0 Å². The number of amides is 1. The largest absolute Gasteiger partial charge is 0.435 e. The number of halogens is 4. The summed E-state index contributed by atoms with van der Waals surface area (Å²) in [7, 11) is 0. The van der Waals surface area contributed by atoms with Gasteiger partial charge in [-0.25, -0.2) is 8.78 Å². The number of nitrogens with one attached hydrogen (secondary N) is 2. The van der Waals surface area contributed by atoms with Crippen LogP contribution in [0.5, 0.6) is 5.75 Å². The summed E-state index contributed by atoms with van der Waals surface area (Å²) in [5.41, 5.74) is 1.02. The number of carbonyl (C=O) groups excluding carboxylic acids is 1. The van der Waals surface area contributed by atoms with Crippen molar-refractivity contribution in [3.05, 3.63) is 83.9 Å². The molecule has 0 bridgehead atoms. The number of carbonyl (C=O) groups is 1. The van der Waals surface area contributed by atoms with Crippen LogP contribution in [0.4, 0.5) is 34.6 Å². The average Bonchev–Trinajstić information content (AvgIpc) is 2.63. The van der Waals surface area contributed by atoms with Crippen LogP contribution < -0.4 is 15.4 Å². The van der Waals surface area contributed by atoms with E-state index in [1.54, 1.807) is 24.3 Å². The number of rotatable bonds is 6. The lowest BCUT2D eigenvalue weighted by molar-refractivity contribution is -0.0501. The fourth-order valence-corrected chi connectivity index (χ4v) is 2.46. The zero-order chi connectivity index (χ0) is 20.1. The van der Waals surface area contributed by atoms with Crippen LogP contribution in [0.25, 0.3) is 0 Å². The first-order valence-electron chi connectivity index (χ1n) is 8.10. The van der Waals surface area contributed by atoms with Gasteiger partial charge in [0.1, 0.15) is 22.9 Å². The first-order valence-corrected chi connectivity index (χ1v) is 8.10. The van der Waals surface area contributed by atoms with E-state index in [4.69, 9.17) is 0 Å². The second-order valence-corrected chi connectivity index (χ2v) is 5.66. The van der Waals surface area contributed by atoms with Gasteiger partial charge in [0.25, 0.3) is 5.91 Å². The maximum atomic E-state index is 14.0. The van der Waals surface area contributed by atoms with E-state index in [0.29, 0.717) is 17.8 Å². The minimum absolute atomic E-state index is 0.301. The molecule has 0 aliphatic heterocycles. The normalized spacial score (nSPS) is 10.6. The number of hydrogen-bond acceptors (Lipinski definition) is 3. The summed E-state index contributed by atoms with van der Waals surface area (Å²) >= 11 is 0. The fourth-order valence-electron chi connectivity index (χ4n) is 2.46. The van der Waals surface area contributed by atoms with E-state index in [9.17, 15) is 22.4 Å².